The molecule has 1 atom stereocenters. The summed E-state index contributed by atoms with van der Waals surface area (Å²) in [5.74, 6) is -0.0260. The number of amides is 1. The van der Waals surface area contributed by atoms with Gasteiger partial charge in [-0.1, -0.05) is 0 Å². The highest BCUT2D eigenvalue weighted by molar-refractivity contribution is 9.10. The molecule has 1 unspecified atom stereocenters. The number of nitrogens with one attached hydrogen (secondary N) is 1. The summed E-state index contributed by atoms with van der Waals surface area (Å²) >= 11 is 9.20. The van der Waals surface area contributed by atoms with E-state index in [1.807, 2.05) is 0 Å². The van der Waals surface area contributed by atoms with Crippen molar-refractivity contribution in [3.8, 4) is 0 Å². The van der Waals surface area contributed by atoms with Gasteiger partial charge in [-0.05, 0) is 28.9 Å². The van der Waals surface area contributed by atoms with Crippen LogP contribution in [0.15, 0.2) is 16.6 Å². The van der Waals surface area contributed by atoms with Crippen LogP contribution in [0.1, 0.15) is 18.1 Å². The van der Waals surface area contributed by atoms with Gasteiger partial charge < -0.3 is 9.88 Å². The van der Waals surface area contributed by atoms with Crippen LogP contribution in [0.25, 0.3) is 11.0 Å². The van der Waals surface area contributed by atoms with Gasteiger partial charge in [-0.3, -0.25) is 4.79 Å². The van der Waals surface area contributed by atoms with E-state index in [9.17, 15) is 9.18 Å². The average molecular weight is 349 g/mol. The summed E-state index contributed by atoms with van der Waals surface area (Å²) in [7, 11) is 1.56. The van der Waals surface area contributed by atoms with E-state index in [0.29, 0.717) is 21.3 Å². The fourth-order valence-corrected chi connectivity index (χ4v) is 2.33. The van der Waals surface area contributed by atoms with Gasteiger partial charge in [-0.2, -0.15) is 0 Å². The van der Waals surface area contributed by atoms with Gasteiger partial charge in [0.2, 0.25) is 5.91 Å². The SMILES string of the molecule is CNC(=O)Cn1c(C(C)Cl)nc2cc(F)c(Br)cc21. The van der Waals surface area contributed by atoms with Gasteiger partial charge in [0, 0.05) is 13.1 Å². The lowest BCUT2D eigenvalue weighted by Crippen LogP contribution is -2.24. The summed E-state index contributed by atoms with van der Waals surface area (Å²) < 4.78 is 15.5. The van der Waals surface area contributed by atoms with Crippen LogP contribution in [0.5, 0.6) is 0 Å². The number of hydrogen-bond donors (Lipinski definition) is 1. The summed E-state index contributed by atoms with van der Waals surface area (Å²) in [6, 6.07) is 2.92. The highest BCUT2D eigenvalue weighted by atomic mass is 79.9. The normalized spacial score (nSPS) is 12.7. The number of likely N-dealkylation sites (N-methyl/N-ethyl adjacent to an activating group) is 1. The first-order valence-electron chi connectivity index (χ1n) is 5.64. The number of aromatic nitrogens is 2. The first kappa shape index (κ1) is 14.3. The molecule has 2 rings (SSSR count). The molecule has 0 saturated carbocycles. The summed E-state index contributed by atoms with van der Waals surface area (Å²) in [6.07, 6.45) is 0. The quantitative estimate of drug-likeness (QED) is 0.867. The Labute approximate surface area is 123 Å². The van der Waals surface area contributed by atoms with Crippen LogP contribution < -0.4 is 5.32 Å². The van der Waals surface area contributed by atoms with Gasteiger partial charge in [-0.25, -0.2) is 9.37 Å². The summed E-state index contributed by atoms with van der Waals surface area (Å²) in [5, 5.41) is 2.17. The second-order valence-electron chi connectivity index (χ2n) is 4.10. The Bertz CT molecular complexity index is 641. The third kappa shape index (κ3) is 2.74. The van der Waals surface area contributed by atoms with E-state index in [4.69, 9.17) is 11.6 Å². The van der Waals surface area contributed by atoms with E-state index in [1.54, 1.807) is 24.6 Å². The zero-order chi connectivity index (χ0) is 14.2. The van der Waals surface area contributed by atoms with Crippen molar-refractivity contribution in [2.24, 2.45) is 0 Å². The Balaban J connectivity index is 2.65. The maximum absolute atomic E-state index is 13.5. The van der Waals surface area contributed by atoms with E-state index in [2.05, 4.69) is 26.2 Å². The van der Waals surface area contributed by atoms with E-state index in [1.165, 1.54) is 6.07 Å². The van der Waals surface area contributed by atoms with E-state index >= 15 is 0 Å². The van der Waals surface area contributed by atoms with Crippen LogP contribution in [0.4, 0.5) is 4.39 Å². The van der Waals surface area contributed by atoms with Crippen LogP contribution in [0, 0.1) is 5.82 Å². The zero-order valence-corrected chi connectivity index (χ0v) is 12.7. The largest absolute Gasteiger partial charge is 0.358 e. The molecule has 0 radical (unpaired) electrons. The van der Waals surface area contributed by atoms with Gasteiger partial charge in [0.25, 0.3) is 0 Å². The lowest BCUT2D eigenvalue weighted by atomic mass is 10.3. The number of alkyl halides is 1. The molecule has 0 saturated heterocycles. The van der Waals surface area contributed by atoms with Crippen molar-refractivity contribution < 1.29 is 9.18 Å². The van der Waals surface area contributed by atoms with Crippen molar-refractivity contribution in [2.75, 3.05) is 7.05 Å². The molecule has 0 fully saturated rings. The van der Waals surface area contributed by atoms with Crippen molar-refractivity contribution >= 4 is 44.5 Å². The smallest absolute Gasteiger partial charge is 0.239 e. The van der Waals surface area contributed by atoms with Crippen LogP contribution >= 0.6 is 27.5 Å². The average Bonchev–Trinajstić information content (AvgIpc) is 2.68. The summed E-state index contributed by atoms with van der Waals surface area (Å²) in [6.45, 7) is 1.85. The van der Waals surface area contributed by atoms with Crippen molar-refractivity contribution in [2.45, 2.75) is 18.8 Å². The molecule has 0 aliphatic rings. The Morgan fingerprint density at radius 3 is 2.89 bits per heavy atom. The topological polar surface area (TPSA) is 46.9 Å². The molecule has 19 heavy (non-hydrogen) atoms. The van der Waals surface area contributed by atoms with Crippen LogP contribution in [-0.2, 0) is 11.3 Å². The Kier molecular flexibility index (Phi) is 4.10. The maximum atomic E-state index is 13.5. The predicted molar refractivity (Wildman–Crippen MR) is 75.7 cm³/mol. The number of carbonyl (C=O) groups is 1. The van der Waals surface area contributed by atoms with Crippen molar-refractivity contribution in [1.82, 2.24) is 14.9 Å². The minimum absolute atomic E-state index is 0.0947. The van der Waals surface area contributed by atoms with E-state index < -0.39 is 5.82 Å². The number of carbonyl (C=O) groups excluding carboxylic acids is 1. The molecule has 4 nitrogen and oxygen atoms in total. The first-order chi connectivity index (χ1) is 8.93. The molecule has 1 aromatic heterocycles. The molecule has 1 aromatic carbocycles. The van der Waals surface area contributed by atoms with Gasteiger partial charge in [0.05, 0.1) is 20.9 Å². The fraction of sp³-hybridized carbons (Fsp3) is 0.333. The third-order valence-corrected chi connectivity index (χ3v) is 3.56. The predicted octanol–water partition coefficient (Wildman–Crippen LogP) is 2.98. The number of benzene rings is 1. The summed E-state index contributed by atoms with van der Waals surface area (Å²) in [5.41, 5.74) is 1.14. The number of hydrogen-bond acceptors (Lipinski definition) is 2. The number of nitrogens with zero attached hydrogens (tertiary/aromatic N) is 2. The fourth-order valence-electron chi connectivity index (χ4n) is 1.83. The molecule has 0 spiro atoms. The lowest BCUT2D eigenvalue weighted by Gasteiger charge is -2.09. The highest BCUT2D eigenvalue weighted by Crippen LogP contribution is 2.28. The first-order valence-corrected chi connectivity index (χ1v) is 6.86. The van der Waals surface area contributed by atoms with Gasteiger partial charge in [0.1, 0.15) is 18.2 Å². The Morgan fingerprint density at radius 1 is 1.63 bits per heavy atom. The zero-order valence-electron chi connectivity index (χ0n) is 10.4. The van der Waals surface area contributed by atoms with E-state index in [0.717, 1.165) is 0 Å². The molecule has 0 bridgehead atoms. The van der Waals surface area contributed by atoms with Gasteiger partial charge >= 0.3 is 0 Å². The number of imidazole rings is 1. The van der Waals surface area contributed by atoms with Gasteiger partial charge in [-0.15, -0.1) is 11.6 Å². The maximum Gasteiger partial charge on any atom is 0.239 e. The van der Waals surface area contributed by atoms with Crippen molar-refractivity contribution in [3.63, 3.8) is 0 Å². The Hall–Kier alpha value is -1.14. The summed E-state index contributed by atoms with van der Waals surface area (Å²) in [4.78, 5) is 15.9. The second kappa shape index (κ2) is 5.46. The van der Waals surface area contributed by atoms with E-state index in [-0.39, 0.29) is 17.8 Å². The Morgan fingerprint density at radius 2 is 2.32 bits per heavy atom. The molecular formula is C12H12BrClFN3O. The minimum atomic E-state index is -0.397. The van der Waals surface area contributed by atoms with Gasteiger partial charge in [0.15, 0.2) is 0 Å². The molecule has 2 aromatic rings. The molecule has 102 valence electrons. The molecule has 0 aliphatic carbocycles. The number of halogens is 3. The van der Waals surface area contributed by atoms with Crippen LogP contribution in [-0.4, -0.2) is 22.5 Å². The molecule has 1 heterocycles. The molecular weight excluding hydrogens is 337 g/mol. The molecule has 0 aliphatic heterocycles. The highest BCUT2D eigenvalue weighted by Gasteiger charge is 2.18. The van der Waals surface area contributed by atoms with Crippen LogP contribution in [0.3, 0.4) is 0 Å². The number of rotatable bonds is 3. The standard InChI is InChI=1S/C12H12BrClFN3O/c1-6(14)12-17-9-4-8(15)7(13)3-10(9)18(12)5-11(19)16-2/h3-4,6H,5H2,1-2H3,(H,16,19). The number of fused-ring (bicyclic) bond motifs is 1. The minimum Gasteiger partial charge on any atom is -0.358 e. The molecule has 7 heteroatoms. The third-order valence-electron chi connectivity index (χ3n) is 2.76. The lowest BCUT2D eigenvalue weighted by molar-refractivity contribution is -0.121. The molecule has 1 N–H and O–H groups in total. The van der Waals surface area contributed by atoms with Crippen LogP contribution in [0.2, 0.25) is 0 Å². The monoisotopic (exact) mass is 347 g/mol. The van der Waals surface area contributed by atoms with Crippen molar-refractivity contribution in [1.29, 1.82) is 0 Å². The second-order valence-corrected chi connectivity index (χ2v) is 5.61. The molecule has 1 amide bonds. The van der Waals surface area contributed by atoms with Crippen molar-refractivity contribution in [3.05, 3.63) is 28.2 Å².